The Morgan fingerprint density at radius 2 is 2.00 bits per heavy atom. The highest BCUT2D eigenvalue weighted by atomic mass is 35.5. The molecule has 0 saturated heterocycles. The van der Waals surface area contributed by atoms with Gasteiger partial charge in [0.2, 0.25) is 0 Å². The van der Waals surface area contributed by atoms with Gasteiger partial charge in [-0.1, -0.05) is 35.0 Å². The zero-order chi connectivity index (χ0) is 14.1. The van der Waals surface area contributed by atoms with E-state index in [-0.39, 0.29) is 5.84 Å². The van der Waals surface area contributed by atoms with Crippen LogP contribution in [-0.2, 0) is 6.42 Å². The SMILES string of the molecule is NC(=NO)c1cc(Cl)ccc1N1CCc2ccccc21. The Labute approximate surface area is 122 Å². The Morgan fingerprint density at radius 1 is 1.20 bits per heavy atom. The third-order valence-electron chi connectivity index (χ3n) is 3.52. The van der Waals surface area contributed by atoms with Crippen molar-refractivity contribution >= 4 is 28.8 Å². The van der Waals surface area contributed by atoms with Crippen LogP contribution in [0.2, 0.25) is 5.02 Å². The second kappa shape index (κ2) is 5.06. The highest BCUT2D eigenvalue weighted by molar-refractivity contribution is 6.31. The summed E-state index contributed by atoms with van der Waals surface area (Å²) >= 11 is 6.01. The van der Waals surface area contributed by atoms with E-state index in [1.165, 1.54) is 5.56 Å². The van der Waals surface area contributed by atoms with Crippen molar-refractivity contribution in [2.45, 2.75) is 6.42 Å². The molecule has 20 heavy (non-hydrogen) atoms. The fourth-order valence-electron chi connectivity index (χ4n) is 2.59. The zero-order valence-corrected chi connectivity index (χ0v) is 11.5. The molecule has 0 aliphatic carbocycles. The van der Waals surface area contributed by atoms with Crippen LogP contribution >= 0.6 is 11.6 Å². The number of para-hydroxylation sites is 1. The van der Waals surface area contributed by atoms with E-state index < -0.39 is 0 Å². The second-order valence-corrected chi connectivity index (χ2v) is 5.11. The Bertz CT molecular complexity index is 685. The lowest BCUT2D eigenvalue weighted by atomic mass is 10.1. The molecule has 0 bridgehead atoms. The van der Waals surface area contributed by atoms with Gasteiger partial charge in [0.15, 0.2) is 5.84 Å². The van der Waals surface area contributed by atoms with E-state index >= 15 is 0 Å². The molecule has 3 N–H and O–H groups in total. The maximum atomic E-state index is 8.94. The third-order valence-corrected chi connectivity index (χ3v) is 3.76. The van der Waals surface area contributed by atoms with Crippen molar-refractivity contribution < 1.29 is 5.21 Å². The molecule has 0 radical (unpaired) electrons. The molecule has 2 aromatic carbocycles. The lowest BCUT2D eigenvalue weighted by molar-refractivity contribution is 0.318. The van der Waals surface area contributed by atoms with Gasteiger partial charge >= 0.3 is 0 Å². The van der Waals surface area contributed by atoms with Gasteiger partial charge in [-0.05, 0) is 36.2 Å². The molecule has 0 atom stereocenters. The van der Waals surface area contributed by atoms with Crippen molar-refractivity contribution in [1.29, 1.82) is 0 Å². The van der Waals surface area contributed by atoms with Gasteiger partial charge in [-0.25, -0.2) is 0 Å². The summed E-state index contributed by atoms with van der Waals surface area (Å²) in [4.78, 5) is 2.17. The van der Waals surface area contributed by atoms with Crippen LogP contribution in [0.25, 0.3) is 0 Å². The molecule has 0 aromatic heterocycles. The molecule has 1 heterocycles. The molecular formula is C15H14ClN3O. The molecule has 0 unspecified atom stereocenters. The third kappa shape index (κ3) is 2.08. The fraction of sp³-hybridized carbons (Fsp3) is 0.133. The standard InChI is InChI=1S/C15H14ClN3O/c16-11-5-6-14(12(9-11)15(17)18-20)19-8-7-10-3-1-2-4-13(10)19/h1-6,9,20H,7-8H2,(H2,17,18). The van der Waals surface area contributed by atoms with E-state index in [1.54, 1.807) is 6.07 Å². The molecule has 5 heteroatoms. The number of halogens is 1. The maximum Gasteiger partial charge on any atom is 0.172 e. The summed E-state index contributed by atoms with van der Waals surface area (Å²) in [5.74, 6) is 0.0619. The Hall–Kier alpha value is -2.20. The van der Waals surface area contributed by atoms with Gasteiger partial charge in [-0.15, -0.1) is 0 Å². The topological polar surface area (TPSA) is 61.9 Å². The Kier molecular flexibility index (Phi) is 3.24. The summed E-state index contributed by atoms with van der Waals surface area (Å²) in [6.07, 6.45) is 0.981. The normalized spacial score (nSPS) is 14.4. The summed E-state index contributed by atoms with van der Waals surface area (Å²) in [5, 5.41) is 12.6. The van der Waals surface area contributed by atoms with Crippen molar-refractivity contribution in [3.8, 4) is 0 Å². The second-order valence-electron chi connectivity index (χ2n) is 4.68. The smallest absolute Gasteiger partial charge is 0.172 e. The maximum absolute atomic E-state index is 8.94. The van der Waals surface area contributed by atoms with Crippen LogP contribution < -0.4 is 10.6 Å². The molecule has 0 fully saturated rings. The largest absolute Gasteiger partial charge is 0.409 e. The van der Waals surface area contributed by atoms with Crippen molar-refractivity contribution in [3.05, 3.63) is 58.6 Å². The van der Waals surface area contributed by atoms with Crippen LogP contribution in [0, 0.1) is 0 Å². The average molecular weight is 288 g/mol. The lowest BCUT2D eigenvalue weighted by Gasteiger charge is -2.22. The molecule has 0 amide bonds. The quantitative estimate of drug-likeness (QED) is 0.386. The first-order chi connectivity index (χ1) is 9.70. The van der Waals surface area contributed by atoms with Crippen molar-refractivity contribution in [1.82, 2.24) is 0 Å². The number of benzene rings is 2. The lowest BCUT2D eigenvalue weighted by Crippen LogP contribution is -2.21. The minimum absolute atomic E-state index is 0.0619. The van der Waals surface area contributed by atoms with Gasteiger partial charge in [0.1, 0.15) is 0 Å². The zero-order valence-electron chi connectivity index (χ0n) is 10.8. The predicted octanol–water partition coefficient (Wildman–Crippen LogP) is 3.13. The van der Waals surface area contributed by atoms with E-state index in [2.05, 4.69) is 22.2 Å². The molecule has 0 spiro atoms. The van der Waals surface area contributed by atoms with Crippen LogP contribution in [0.15, 0.2) is 47.6 Å². The summed E-state index contributed by atoms with van der Waals surface area (Å²) in [6, 6.07) is 13.7. The Balaban J connectivity index is 2.12. The van der Waals surface area contributed by atoms with Gasteiger partial charge in [0, 0.05) is 22.8 Å². The number of hydrogen-bond acceptors (Lipinski definition) is 3. The first-order valence-electron chi connectivity index (χ1n) is 6.33. The first-order valence-corrected chi connectivity index (χ1v) is 6.71. The highest BCUT2D eigenvalue weighted by Gasteiger charge is 2.23. The molecule has 3 rings (SSSR count). The molecule has 4 nitrogen and oxygen atoms in total. The summed E-state index contributed by atoms with van der Waals surface area (Å²) in [7, 11) is 0. The molecule has 1 aliphatic rings. The van der Waals surface area contributed by atoms with E-state index in [0.717, 1.165) is 24.3 Å². The van der Waals surface area contributed by atoms with Gasteiger partial charge in [-0.2, -0.15) is 0 Å². The molecule has 102 valence electrons. The summed E-state index contributed by atoms with van der Waals surface area (Å²) < 4.78 is 0. The van der Waals surface area contributed by atoms with Gasteiger partial charge in [0.05, 0.1) is 5.69 Å². The van der Waals surface area contributed by atoms with E-state index in [1.807, 2.05) is 24.3 Å². The molecule has 0 saturated carbocycles. The number of oxime groups is 1. The van der Waals surface area contributed by atoms with E-state index in [4.69, 9.17) is 22.5 Å². The van der Waals surface area contributed by atoms with Crippen LogP contribution in [0.4, 0.5) is 11.4 Å². The molecular weight excluding hydrogens is 274 g/mol. The van der Waals surface area contributed by atoms with Crippen LogP contribution in [0.3, 0.4) is 0 Å². The van der Waals surface area contributed by atoms with Crippen LogP contribution in [0.5, 0.6) is 0 Å². The van der Waals surface area contributed by atoms with Crippen LogP contribution in [0.1, 0.15) is 11.1 Å². The number of nitrogens with zero attached hydrogens (tertiary/aromatic N) is 2. The highest BCUT2D eigenvalue weighted by Crippen LogP contribution is 2.36. The fourth-order valence-corrected chi connectivity index (χ4v) is 2.76. The van der Waals surface area contributed by atoms with Crippen LogP contribution in [-0.4, -0.2) is 17.6 Å². The number of hydrogen-bond donors (Lipinski definition) is 2. The minimum atomic E-state index is 0.0619. The number of amidine groups is 1. The van der Waals surface area contributed by atoms with Gasteiger partial charge in [-0.3, -0.25) is 0 Å². The minimum Gasteiger partial charge on any atom is -0.409 e. The van der Waals surface area contributed by atoms with Crippen molar-refractivity contribution in [3.63, 3.8) is 0 Å². The number of fused-ring (bicyclic) bond motifs is 1. The summed E-state index contributed by atoms with van der Waals surface area (Å²) in [5.41, 5.74) is 9.75. The average Bonchev–Trinajstić information content (AvgIpc) is 2.90. The first kappa shape index (κ1) is 12.8. The molecule has 1 aliphatic heterocycles. The monoisotopic (exact) mass is 287 g/mol. The van der Waals surface area contributed by atoms with Gasteiger partial charge < -0.3 is 15.8 Å². The van der Waals surface area contributed by atoms with E-state index in [9.17, 15) is 0 Å². The van der Waals surface area contributed by atoms with Gasteiger partial charge in [0.25, 0.3) is 0 Å². The number of anilines is 2. The number of nitrogens with two attached hydrogens (primary N) is 1. The Morgan fingerprint density at radius 3 is 2.80 bits per heavy atom. The molecule has 2 aromatic rings. The van der Waals surface area contributed by atoms with E-state index in [0.29, 0.717) is 10.6 Å². The van der Waals surface area contributed by atoms with Crippen molar-refractivity contribution in [2.24, 2.45) is 10.9 Å². The predicted molar refractivity (Wildman–Crippen MR) is 81.1 cm³/mol. The summed E-state index contributed by atoms with van der Waals surface area (Å²) in [6.45, 7) is 0.868. The van der Waals surface area contributed by atoms with Crippen molar-refractivity contribution in [2.75, 3.05) is 11.4 Å². The number of rotatable bonds is 2.